The molecule has 3 amide bonds. The van der Waals surface area contributed by atoms with Crippen LogP contribution in [0.25, 0.3) is 0 Å². The van der Waals surface area contributed by atoms with E-state index in [9.17, 15) is 14.4 Å². The van der Waals surface area contributed by atoms with Gasteiger partial charge in [-0.2, -0.15) is 0 Å². The van der Waals surface area contributed by atoms with Gasteiger partial charge in [-0.1, -0.05) is 73.5 Å². The van der Waals surface area contributed by atoms with Gasteiger partial charge in [-0.05, 0) is 36.3 Å². The topological polar surface area (TPSA) is 70.2 Å². The minimum Gasteiger partial charge on any atom is -0.445 e. The first-order valence-electron chi connectivity index (χ1n) is 13.2. The molecule has 1 heterocycles. The van der Waals surface area contributed by atoms with Crippen LogP contribution in [0, 0.1) is 5.92 Å². The third kappa shape index (κ3) is 5.72. The van der Waals surface area contributed by atoms with Crippen LogP contribution in [0.2, 0.25) is 0 Å². The van der Waals surface area contributed by atoms with Crippen molar-refractivity contribution in [3.05, 3.63) is 71.8 Å². The summed E-state index contributed by atoms with van der Waals surface area (Å²) in [6.45, 7) is 2.33. The number of ether oxygens (including phenoxy) is 1. The van der Waals surface area contributed by atoms with Gasteiger partial charge in [0.2, 0.25) is 11.8 Å². The third-order valence-corrected chi connectivity index (χ3v) is 7.79. The number of piperazine rings is 1. The van der Waals surface area contributed by atoms with Crippen molar-refractivity contribution in [2.24, 2.45) is 5.92 Å². The van der Waals surface area contributed by atoms with Crippen molar-refractivity contribution in [2.75, 3.05) is 32.7 Å². The molecule has 2 aliphatic carbocycles. The maximum atomic E-state index is 13.2. The van der Waals surface area contributed by atoms with Crippen LogP contribution in [-0.4, -0.2) is 71.4 Å². The Kier molecular flexibility index (Phi) is 7.54. The fraction of sp³-hybridized carbons (Fsp3) is 0.483. The summed E-state index contributed by atoms with van der Waals surface area (Å²) in [7, 11) is 0. The van der Waals surface area contributed by atoms with E-state index in [4.69, 9.17) is 4.74 Å². The molecule has 2 saturated carbocycles. The van der Waals surface area contributed by atoms with Crippen LogP contribution in [-0.2, 0) is 20.9 Å². The molecule has 1 saturated heterocycles. The summed E-state index contributed by atoms with van der Waals surface area (Å²) in [5, 5.41) is 0. The average molecular weight is 490 g/mol. The molecule has 0 unspecified atom stereocenters. The summed E-state index contributed by atoms with van der Waals surface area (Å²) in [6, 6.07) is 19.9. The highest BCUT2D eigenvalue weighted by Crippen LogP contribution is 2.48. The van der Waals surface area contributed by atoms with Gasteiger partial charge in [-0.25, -0.2) is 4.79 Å². The molecule has 0 aromatic heterocycles. The zero-order valence-corrected chi connectivity index (χ0v) is 20.8. The van der Waals surface area contributed by atoms with E-state index in [1.54, 1.807) is 9.80 Å². The molecular weight excluding hydrogens is 454 g/mol. The number of carbonyl (C=O) groups is 3. The Morgan fingerprint density at radius 3 is 2.11 bits per heavy atom. The lowest BCUT2D eigenvalue weighted by molar-refractivity contribution is -0.141. The van der Waals surface area contributed by atoms with Gasteiger partial charge in [0.15, 0.2) is 0 Å². The molecule has 7 nitrogen and oxygen atoms in total. The Morgan fingerprint density at radius 2 is 1.44 bits per heavy atom. The molecule has 1 aliphatic heterocycles. The van der Waals surface area contributed by atoms with Gasteiger partial charge in [0, 0.05) is 38.1 Å². The summed E-state index contributed by atoms with van der Waals surface area (Å²) >= 11 is 0. The van der Waals surface area contributed by atoms with E-state index in [1.165, 1.54) is 5.56 Å². The van der Waals surface area contributed by atoms with Gasteiger partial charge >= 0.3 is 6.09 Å². The molecule has 2 atom stereocenters. The summed E-state index contributed by atoms with van der Waals surface area (Å²) in [4.78, 5) is 44.5. The summed E-state index contributed by atoms with van der Waals surface area (Å²) < 4.78 is 5.58. The average Bonchev–Trinajstić information content (AvgIpc) is 3.55. The monoisotopic (exact) mass is 489 g/mol. The van der Waals surface area contributed by atoms with E-state index in [-0.39, 0.29) is 36.9 Å². The van der Waals surface area contributed by atoms with Crippen LogP contribution in [0.1, 0.15) is 49.1 Å². The zero-order valence-electron chi connectivity index (χ0n) is 20.8. The number of amides is 3. The van der Waals surface area contributed by atoms with Crippen LogP contribution in [0.5, 0.6) is 0 Å². The number of rotatable bonds is 7. The second-order valence-corrected chi connectivity index (χ2v) is 10.2. The summed E-state index contributed by atoms with van der Waals surface area (Å²) in [5.74, 6) is 0.513. The molecule has 7 heteroatoms. The largest absolute Gasteiger partial charge is 0.445 e. The molecule has 36 heavy (non-hydrogen) atoms. The van der Waals surface area contributed by atoms with Crippen molar-refractivity contribution in [3.8, 4) is 0 Å². The van der Waals surface area contributed by atoms with Crippen molar-refractivity contribution in [1.82, 2.24) is 14.7 Å². The smallest absolute Gasteiger partial charge is 0.410 e. The van der Waals surface area contributed by atoms with Crippen molar-refractivity contribution >= 4 is 17.9 Å². The van der Waals surface area contributed by atoms with Crippen LogP contribution in [0.4, 0.5) is 4.79 Å². The first-order chi connectivity index (χ1) is 17.6. The van der Waals surface area contributed by atoms with E-state index in [1.807, 2.05) is 53.4 Å². The SMILES string of the molecule is O=C(CN(C(=O)OCc1ccccc1)C1CCCC1)N1CCN(C(=O)[C@@H]2C[C@H]2c2ccccc2)CC1. The minimum atomic E-state index is -0.423. The molecule has 190 valence electrons. The fourth-order valence-electron chi connectivity index (χ4n) is 5.55. The standard InChI is InChI=1S/C29H35N3O4/c33-27(20-32(24-13-7-8-14-24)29(35)36-21-22-9-3-1-4-10-22)30-15-17-31(18-16-30)28(34)26-19-25(26)23-11-5-2-6-12-23/h1-6,9-12,24-26H,7-8,13-21H2/t25-,26+/m0/s1. The Bertz CT molecular complexity index is 1050. The molecule has 0 spiro atoms. The Morgan fingerprint density at radius 1 is 0.833 bits per heavy atom. The van der Waals surface area contributed by atoms with E-state index in [0.29, 0.717) is 32.1 Å². The molecular formula is C29H35N3O4. The van der Waals surface area contributed by atoms with Crippen LogP contribution in [0.15, 0.2) is 60.7 Å². The van der Waals surface area contributed by atoms with E-state index in [0.717, 1.165) is 37.7 Å². The predicted molar refractivity (Wildman–Crippen MR) is 136 cm³/mol. The third-order valence-electron chi connectivity index (χ3n) is 7.79. The molecule has 3 fully saturated rings. The lowest BCUT2D eigenvalue weighted by Crippen LogP contribution is -2.54. The van der Waals surface area contributed by atoms with Crippen molar-refractivity contribution in [2.45, 2.75) is 50.7 Å². The summed E-state index contributed by atoms with van der Waals surface area (Å²) in [5.41, 5.74) is 2.16. The lowest BCUT2D eigenvalue weighted by Gasteiger charge is -2.36. The molecule has 0 N–H and O–H groups in total. The van der Waals surface area contributed by atoms with Gasteiger partial charge in [-0.15, -0.1) is 0 Å². The van der Waals surface area contributed by atoms with Crippen LogP contribution < -0.4 is 0 Å². The minimum absolute atomic E-state index is 0.0327. The normalized spacial score (nSPS) is 21.8. The second-order valence-electron chi connectivity index (χ2n) is 10.2. The predicted octanol–water partition coefficient (Wildman–Crippen LogP) is 4.04. The van der Waals surface area contributed by atoms with Gasteiger partial charge in [0.05, 0.1) is 0 Å². The van der Waals surface area contributed by atoms with Crippen LogP contribution >= 0.6 is 0 Å². The van der Waals surface area contributed by atoms with Crippen molar-refractivity contribution in [3.63, 3.8) is 0 Å². The highest BCUT2D eigenvalue weighted by atomic mass is 16.6. The molecule has 2 aromatic rings. The fourth-order valence-corrected chi connectivity index (χ4v) is 5.55. The molecule has 5 rings (SSSR count). The molecule has 2 aromatic carbocycles. The van der Waals surface area contributed by atoms with Gasteiger partial charge in [-0.3, -0.25) is 14.5 Å². The number of nitrogens with zero attached hydrogens (tertiary/aromatic N) is 3. The van der Waals surface area contributed by atoms with E-state index in [2.05, 4.69) is 12.1 Å². The first-order valence-corrected chi connectivity index (χ1v) is 13.2. The quantitative estimate of drug-likeness (QED) is 0.589. The Labute approximate surface area is 213 Å². The Balaban J connectivity index is 1.12. The molecule has 0 bridgehead atoms. The van der Waals surface area contributed by atoms with Gasteiger partial charge < -0.3 is 14.5 Å². The highest BCUT2D eigenvalue weighted by molar-refractivity contribution is 5.85. The number of carbonyl (C=O) groups excluding carboxylic acids is 3. The lowest BCUT2D eigenvalue weighted by atomic mass is 10.1. The van der Waals surface area contributed by atoms with E-state index < -0.39 is 6.09 Å². The second kappa shape index (κ2) is 11.1. The highest BCUT2D eigenvalue weighted by Gasteiger charge is 2.46. The van der Waals surface area contributed by atoms with Gasteiger partial charge in [0.1, 0.15) is 13.2 Å². The van der Waals surface area contributed by atoms with Gasteiger partial charge in [0.25, 0.3) is 0 Å². The van der Waals surface area contributed by atoms with Crippen molar-refractivity contribution in [1.29, 1.82) is 0 Å². The number of benzene rings is 2. The van der Waals surface area contributed by atoms with Crippen LogP contribution in [0.3, 0.4) is 0 Å². The maximum absolute atomic E-state index is 13.2. The number of hydrogen-bond donors (Lipinski definition) is 0. The zero-order chi connectivity index (χ0) is 24.9. The molecule has 0 radical (unpaired) electrons. The maximum Gasteiger partial charge on any atom is 0.410 e. The molecule has 3 aliphatic rings. The summed E-state index contributed by atoms with van der Waals surface area (Å²) in [6.07, 6.45) is 4.41. The Hall–Kier alpha value is -3.35. The van der Waals surface area contributed by atoms with Crippen molar-refractivity contribution < 1.29 is 19.1 Å². The first kappa shape index (κ1) is 24.3. The number of hydrogen-bond acceptors (Lipinski definition) is 4. The van der Waals surface area contributed by atoms with E-state index >= 15 is 0 Å².